The number of benzene rings is 1. The average Bonchev–Trinajstić information content (AvgIpc) is 2.64. The van der Waals surface area contributed by atoms with Gasteiger partial charge in [0.05, 0.1) is 12.9 Å². The minimum absolute atomic E-state index is 0.651. The van der Waals surface area contributed by atoms with Gasteiger partial charge in [0.2, 0.25) is 0 Å². The van der Waals surface area contributed by atoms with Gasteiger partial charge in [0.1, 0.15) is 0 Å². The van der Waals surface area contributed by atoms with Gasteiger partial charge in [-0.1, -0.05) is 29.3 Å². The summed E-state index contributed by atoms with van der Waals surface area (Å²) in [4.78, 5) is 3.95. The zero-order chi connectivity index (χ0) is 9.97. The van der Waals surface area contributed by atoms with Crippen LogP contribution in [0.4, 0.5) is 0 Å². The predicted molar refractivity (Wildman–Crippen MR) is 57.8 cm³/mol. The summed E-state index contributed by atoms with van der Waals surface area (Å²) >= 11 is 12.1. The molecule has 0 N–H and O–H groups in total. The van der Waals surface area contributed by atoms with E-state index in [-0.39, 0.29) is 0 Å². The van der Waals surface area contributed by atoms with E-state index in [2.05, 4.69) is 4.98 Å². The number of rotatable bonds is 2. The Bertz CT molecular complexity index is 403. The van der Waals surface area contributed by atoms with Gasteiger partial charge in [0.25, 0.3) is 0 Å². The quantitative estimate of drug-likeness (QED) is 0.769. The summed E-state index contributed by atoms with van der Waals surface area (Å²) in [7, 11) is 0. The molecule has 0 aliphatic carbocycles. The molecule has 1 aromatic heterocycles. The van der Waals surface area contributed by atoms with Crippen molar-refractivity contribution >= 4 is 23.2 Å². The molecule has 0 bridgehead atoms. The molecule has 0 unspecified atom stereocenters. The van der Waals surface area contributed by atoms with Crippen LogP contribution in [0.15, 0.2) is 36.9 Å². The van der Waals surface area contributed by atoms with E-state index in [9.17, 15) is 0 Å². The van der Waals surface area contributed by atoms with E-state index in [0.717, 1.165) is 5.56 Å². The molecule has 0 radical (unpaired) electrons. The largest absolute Gasteiger partial charge is 0.333 e. The third kappa shape index (κ3) is 1.91. The van der Waals surface area contributed by atoms with Gasteiger partial charge in [-0.05, 0) is 12.1 Å². The Morgan fingerprint density at radius 2 is 1.93 bits per heavy atom. The van der Waals surface area contributed by atoms with Crippen molar-refractivity contribution in [2.24, 2.45) is 0 Å². The molecular weight excluding hydrogens is 219 g/mol. The first-order valence-corrected chi connectivity index (χ1v) is 4.91. The molecule has 1 aromatic carbocycles. The van der Waals surface area contributed by atoms with Crippen molar-refractivity contribution in [1.29, 1.82) is 0 Å². The summed E-state index contributed by atoms with van der Waals surface area (Å²) in [5.41, 5.74) is 0.925. The zero-order valence-electron chi connectivity index (χ0n) is 7.32. The van der Waals surface area contributed by atoms with Crippen LogP contribution < -0.4 is 0 Å². The molecule has 2 rings (SSSR count). The Kier molecular flexibility index (Phi) is 2.75. The molecule has 1 heterocycles. The van der Waals surface area contributed by atoms with Crippen molar-refractivity contribution < 1.29 is 0 Å². The molecule has 14 heavy (non-hydrogen) atoms. The molecule has 0 spiro atoms. The molecule has 2 aromatic rings. The molecule has 72 valence electrons. The maximum absolute atomic E-state index is 6.03. The van der Waals surface area contributed by atoms with E-state index in [1.165, 1.54) is 0 Å². The van der Waals surface area contributed by atoms with Crippen molar-refractivity contribution in [2.45, 2.75) is 6.54 Å². The second-order valence-electron chi connectivity index (χ2n) is 2.94. The first-order valence-electron chi connectivity index (χ1n) is 4.16. The van der Waals surface area contributed by atoms with Crippen LogP contribution in [0.3, 0.4) is 0 Å². The Morgan fingerprint density at radius 1 is 1.21 bits per heavy atom. The lowest BCUT2D eigenvalue weighted by atomic mass is 10.2. The topological polar surface area (TPSA) is 17.8 Å². The van der Waals surface area contributed by atoms with Gasteiger partial charge in [-0.2, -0.15) is 0 Å². The summed E-state index contributed by atoms with van der Waals surface area (Å²) < 4.78 is 1.92. The molecule has 2 nitrogen and oxygen atoms in total. The van der Waals surface area contributed by atoms with Crippen LogP contribution in [0.1, 0.15) is 5.56 Å². The third-order valence-corrected chi connectivity index (χ3v) is 2.67. The van der Waals surface area contributed by atoms with Gasteiger partial charge < -0.3 is 4.57 Å². The van der Waals surface area contributed by atoms with Crippen LogP contribution in [0.25, 0.3) is 0 Å². The summed E-state index contributed by atoms with van der Waals surface area (Å²) in [6.07, 6.45) is 5.34. The molecule has 0 fully saturated rings. The van der Waals surface area contributed by atoms with Crippen molar-refractivity contribution in [3.63, 3.8) is 0 Å². The SMILES string of the molecule is Clc1cccc(Cl)c1Cn1ccnc1. The summed E-state index contributed by atoms with van der Waals surface area (Å²) in [5, 5.41) is 1.37. The molecule has 0 atom stereocenters. The molecule has 4 heteroatoms. The lowest BCUT2D eigenvalue weighted by molar-refractivity contribution is 0.798. The fourth-order valence-corrected chi connectivity index (χ4v) is 1.76. The highest BCUT2D eigenvalue weighted by Gasteiger charge is 2.05. The van der Waals surface area contributed by atoms with Gasteiger partial charge in [0.15, 0.2) is 0 Å². The molecule has 0 aliphatic heterocycles. The highest BCUT2D eigenvalue weighted by molar-refractivity contribution is 6.35. The van der Waals surface area contributed by atoms with Crippen molar-refractivity contribution in [3.05, 3.63) is 52.5 Å². The number of aromatic nitrogens is 2. The van der Waals surface area contributed by atoms with Crippen LogP contribution in [0, 0.1) is 0 Å². The molecule has 0 saturated heterocycles. The van der Waals surface area contributed by atoms with E-state index in [4.69, 9.17) is 23.2 Å². The number of hydrogen-bond acceptors (Lipinski definition) is 1. The smallest absolute Gasteiger partial charge is 0.0949 e. The van der Waals surface area contributed by atoms with E-state index in [1.54, 1.807) is 12.5 Å². The molecular formula is C10H8Cl2N2. The van der Waals surface area contributed by atoms with Crippen LogP contribution in [0.2, 0.25) is 10.0 Å². The lowest BCUT2D eigenvalue weighted by Crippen LogP contribution is -1.97. The Balaban J connectivity index is 2.33. The molecule has 0 aliphatic rings. The second kappa shape index (κ2) is 4.03. The van der Waals surface area contributed by atoms with E-state index in [0.29, 0.717) is 16.6 Å². The fourth-order valence-electron chi connectivity index (χ4n) is 1.25. The Morgan fingerprint density at radius 3 is 2.50 bits per heavy atom. The normalized spacial score (nSPS) is 10.4. The standard InChI is InChI=1S/C10H8Cl2N2/c11-9-2-1-3-10(12)8(9)6-14-5-4-13-7-14/h1-5,7H,6H2. The monoisotopic (exact) mass is 226 g/mol. The maximum atomic E-state index is 6.03. The number of halogens is 2. The number of nitrogens with zero attached hydrogens (tertiary/aromatic N) is 2. The zero-order valence-corrected chi connectivity index (χ0v) is 8.83. The van der Waals surface area contributed by atoms with Crippen LogP contribution in [-0.4, -0.2) is 9.55 Å². The first-order chi connectivity index (χ1) is 6.77. The minimum Gasteiger partial charge on any atom is -0.333 e. The van der Waals surface area contributed by atoms with Crippen molar-refractivity contribution in [2.75, 3.05) is 0 Å². The first kappa shape index (κ1) is 9.56. The highest BCUT2D eigenvalue weighted by Crippen LogP contribution is 2.24. The second-order valence-corrected chi connectivity index (χ2v) is 3.75. The summed E-state index contributed by atoms with van der Waals surface area (Å²) in [6.45, 7) is 0.651. The molecule has 0 saturated carbocycles. The Labute approximate surface area is 92.1 Å². The average molecular weight is 227 g/mol. The number of imidazole rings is 1. The summed E-state index contributed by atoms with van der Waals surface area (Å²) in [5.74, 6) is 0. The van der Waals surface area contributed by atoms with Crippen molar-refractivity contribution in [1.82, 2.24) is 9.55 Å². The van der Waals surface area contributed by atoms with Crippen LogP contribution in [0.5, 0.6) is 0 Å². The van der Waals surface area contributed by atoms with Crippen LogP contribution in [-0.2, 0) is 6.54 Å². The van der Waals surface area contributed by atoms with Crippen molar-refractivity contribution in [3.8, 4) is 0 Å². The van der Waals surface area contributed by atoms with Gasteiger partial charge in [-0.3, -0.25) is 0 Å². The van der Waals surface area contributed by atoms with Gasteiger partial charge in [-0.15, -0.1) is 0 Å². The Hall–Kier alpha value is -0.990. The highest BCUT2D eigenvalue weighted by atomic mass is 35.5. The lowest BCUT2D eigenvalue weighted by Gasteiger charge is -2.06. The van der Waals surface area contributed by atoms with E-state index < -0.39 is 0 Å². The minimum atomic E-state index is 0.651. The van der Waals surface area contributed by atoms with Gasteiger partial charge in [0, 0.05) is 28.0 Å². The van der Waals surface area contributed by atoms with Gasteiger partial charge >= 0.3 is 0 Å². The number of hydrogen-bond donors (Lipinski definition) is 0. The fraction of sp³-hybridized carbons (Fsp3) is 0.100. The third-order valence-electron chi connectivity index (χ3n) is 1.96. The predicted octanol–water partition coefficient (Wildman–Crippen LogP) is 3.24. The van der Waals surface area contributed by atoms with E-state index in [1.807, 2.05) is 29.0 Å². The van der Waals surface area contributed by atoms with E-state index >= 15 is 0 Å². The van der Waals surface area contributed by atoms with Gasteiger partial charge in [-0.25, -0.2) is 4.98 Å². The van der Waals surface area contributed by atoms with Crippen LogP contribution >= 0.6 is 23.2 Å². The maximum Gasteiger partial charge on any atom is 0.0949 e. The summed E-state index contributed by atoms with van der Waals surface area (Å²) in [6, 6.07) is 5.50. The molecule has 0 amide bonds.